The highest BCUT2D eigenvalue weighted by molar-refractivity contribution is 9.09. The van der Waals surface area contributed by atoms with Gasteiger partial charge in [0.05, 0.1) is 11.4 Å². The highest BCUT2D eigenvalue weighted by Crippen LogP contribution is 2.21. The van der Waals surface area contributed by atoms with Crippen molar-refractivity contribution in [2.45, 2.75) is 4.83 Å². The summed E-state index contributed by atoms with van der Waals surface area (Å²) < 4.78 is 4.96. The Morgan fingerprint density at radius 3 is 2.44 bits per heavy atom. The summed E-state index contributed by atoms with van der Waals surface area (Å²) in [6.45, 7) is 0.950. The van der Waals surface area contributed by atoms with Crippen LogP contribution in [-0.2, 0) is 4.74 Å². The van der Waals surface area contributed by atoms with Gasteiger partial charge < -0.3 is 19.8 Å². The van der Waals surface area contributed by atoms with E-state index in [0.29, 0.717) is 13.2 Å². The van der Waals surface area contributed by atoms with E-state index in [0.717, 1.165) is 0 Å². The van der Waals surface area contributed by atoms with Gasteiger partial charge in [-0.15, -0.1) is 0 Å². The first-order chi connectivity index (χ1) is 8.43. The molecule has 1 unspecified atom stereocenters. The minimum absolute atomic E-state index is 0.0300. The van der Waals surface area contributed by atoms with E-state index in [1.165, 1.54) is 23.1 Å². The second kappa shape index (κ2) is 6.61. The summed E-state index contributed by atoms with van der Waals surface area (Å²) in [4.78, 5) is 13.6. The highest BCUT2D eigenvalue weighted by atomic mass is 79.9. The monoisotopic (exact) mass is 317 g/mol. The van der Waals surface area contributed by atoms with Gasteiger partial charge in [0, 0.05) is 32.3 Å². The van der Waals surface area contributed by atoms with Crippen LogP contribution in [0, 0.1) is 0 Å². The summed E-state index contributed by atoms with van der Waals surface area (Å²) >= 11 is 3.39. The molecule has 1 aromatic carbocycles. The number of carbonyl (C=O) groups excluding carboxylic acids is 1. The Bertz CT molecular complexity index is 404. The van der Waals surface area contributed by atoms with E-state index in [2.05, 4.69) is 15.9 Å². The maximum Gasteiger partial charge on any atom is 0.253 e. The molecule has 0 radical (unpaired) electrons. The third-order valence-corrected chi connectivity index (χ3v) is 2.87. The van der Waals surface area contributed by atoms with E-state index in [1.54, 1.807) is 14.2 Å². The molecule has 0 fully saturated rings. The van der Waals surface area contributed by atoms with Gasteiger partial charge in [-0.1, -0.05) is 15.9 Å². The maximum absolute atomic E-state index is 12.0. The van der Waals surface area contributed by atoms with Gasteiger partial charge in [0.2, 0.25) is 0 Å². The average molecular weight is 318 g/mol. The van der Waals surface area contributed by atoms with Gasteiger partial charge in [-0.3, -0.25) is 4.79 Å². The van der Waals surface area contributed by atoms with Gasteiger partial charge in [-0.25, -0.2) is 0 Å². The molecule has 0 saturated heterocycles. The number of halogens is 1. The first-order valence-electron chi connectivity index (χ1n) is 5.35. The molecule has 0 saturated carbocycles. The molecule has 18 heavy (non-hydrogen) atoms. The topological polar surface area (TPSA) is 70.0 Å². The molecule has 0 spiro atoms. The predicted octanol–water partition coefficient (Wildman–Crippen LogP) is 1.58. The van der Waals surface area contributed by atoms with E-state index >= 15 is 0 Å². The van der Waals surface area contributed by atoms with Crippen LogP contribution >= 0.6 is 15.9 Å². The number of ether oxygens (including phenoxy) is 1. The fourth-order valence-corrected chi connectivity index (χ4v) is 2.25. The number of amides is 1. The quantitative estimate of drug-likeness (QED) is 0.809. The van der Waals surface area contributed by atoms with Gasteiger partial charge in [0.25, 0.3) is 5.91 Å². The third kappa shape index (κ3) is 4.19. The maximum atomic E-state index is 12.0. The fourth-order valence-electron chi connectivity index (χ4n) is 1.55. The van der Waals surface area contributed by atoms with E-state index < -0.39 is 0 Å². The Morgan fingerprint density at radius 2 is 1.94 bits per heavy atom. The largest absolute Gasteiger partial charge is 0.508 e. The Morgan fingerprint density at radius 1 is 1.39 bits per heavy atom. The number of methoxy groups -OCH3 is 1. The molecule has 0 aliphatic carbocycles. The summed E-state index contributed by atoms with van der Waals surface area (Å²) in [7, 11) is 3.23. The minimum atomic E-state index is -0.276. The van der Waals surface area contributed by atoms with Crippen LogP contribution in [-0.4, -0.2) is 53.2 Å². The number of aromatic hydroxyl groups is 2. The molecule has 0 bridgehead atoms. The number of hydrogen-bond acceptors (Lipinski definition) is 4. The summed E-state index contributed by atoms with van der Waals surface area (Å²) in [5, 5.41) is 18.7. The van der Waals surface area contributed by atoms with Crippen LogP contribution < -0.4 is 0 Å². The predicted molar refractivity (Wildman–Crippen MR) is 71.3 cm³/mol. The molecule has 1 aromatic rings. The summed E-state index contributed by atoms with van der Waals surface area (Å²) in [5.74, 6) is -0.556. The van der Waals surface area contributed by atoms with E-state index in [1.807, 2.05) is 0 Å². The Balaban J connectivity index is 2.74. The van der Waals surface area contributed by atoms with Crippen LogP contribution in [0.1, 0.15) is 10.4 Å². The van der Waals surface area contributed by atoms with Crippen LogP contribution in [0.4, 0.5) is 0 Å². The second-order valence-electron chi connectivity index (χ2n) is 3.98. The van der Waals surface area contributed by atoms with Crippen molar-refractivity contribution in [3.05, 3.63) is 23.8 Å². The van der Waals surface area contributed by atoms with Gasteiger partial charge in [0.1, 0.15) is 11.5 Å². The van der Waals surface area contributed by atoms with Crippen molar-refractivity contribution in [3.63, 3.8) is 0 Å². The molecule has 2 N–H and O–H groups in total. The number of nitrogens with zero attached hydrogens (tertiary/aromatic N) is 1. The lowest BCUT2D eigenvalue weighted by Gasteiger charge is -2.20. The number of phenols is 2. The smallest absolute Gasteiger partial charge is 0.253 e. The zero-order valence-corrected chi connectivity index (χ0v) is 11.8. The van der Waals surface area contributed by atoms with Crippen LogP contribution in [0.2, 0.25) is 0 Å². The van der Waals surface area contributed by atoms with Crippen LogP contribution in [0.5, 0.6) is 11.5 Å². The van der Waals surface area contributed by atoms with Crippen molar-refractivity contribution in [2.24, 2.45) is 0 Å². The molecule has 1 rings (SSSR count). The fraction of sp³-hybridized carbons (Fsp3) is 0.417. The lowest BCUT2D eigenvalue weighted by molar-refractivity contribution is 0.0783. The normalized spacial score (nSPS) is 12.2. The molecule has 0 aliphatic rings. The number of carbonyl (C=O) groups is 1. The molecular formula is C12H16BrNO4. The first kappa shape index (κ1) is 14.8. The second-order valence-corrected chi connectivity index (χ2v) is 5.27. The van der Waals surface area contributed by atoms with Crippen LogP contribution in [0.15, 0.2) is 18.2 Å². The number of hydrogen-bond donors (Lipinski definition) is 2. The molecular weight excluding hydrogens is 302 g/mol. The van der Waals surface area contributed by atoms with Crippen molar-refractivity contribution in [1.29, 1.82) is 0 Å². The molecule has 0 heterocycles. The molecule has 1 atom stereocenters. The molecule has 1 amide bonds. The summed E-state index contributed by atoms with van der Waals surface area (Å²) in [5.41, 5.74) is 0.243. The van der Waals surface area contributed by atoms with Crippen molar-refractivity contribution < 1.29 is 19.7 Å². The zero-order chi connectivity index (χ0) is 13.7. The number of alkyl halides is 1. The highest BCUT2D eigenvalue weighted by Gasteiger charge is 2.16. The van der Waals surface area contributed by atoms with Gasteiger partial charge in [-0.05, 0) is 12.1 Å². The van der Waals surface area contributed by atoms with Crippen molar-refractivity contribution >= 4 is 21.8 Å². The summed E-state index contributed by atoms with van der Waals surface area (Å²) in [6, 6.07) is 3.81. The van der Waals surface area contributed by atoms with E-state index in [4.69, 9.17) is 4.74 Å². The first-order valence-corrected chi connectivity index (χ1v) is 6.27. The van der Waals surface area contributed by atoms with E-state index in [9.17, 15) is 15.0 Å². The van der Waals surface area contributed by atoms with Gasteiger partial charge >= 0.3 is 0 Å². The molecule has 100 valence electrons. The Hall–Kier alpha value is -1.27. The molecule has 5 nitrogen and oxygen atoms in total. The van der Waals surface area contributed by atoms with Crippen molar-refractivity contribution in [1.82, 2.24) is 4.90 Å². The van der Waals surface area contributed by atoms with Gasteiger partial charge in [-0.2, -0.15) is 0 Å². The standard InChI is InChI=1S/C12H16BrNO4/c1-14(6-9(13)7-18-2)12(17)8-3-10(15)5-11(16)4-8/h3-5,9,15-16H,6-7H2,1-2H3. The van der Waals surface area contributed by atoms with Crippen molar-refractivity contribution in [2.75, 3.05) is 27.3 Å². The third-order valence-electron chi connectivity index (χ3n) is 2.32. The lowest BCUT2D eigenvalue weighted by atomic mass is 10.1. The lowest BCUT2D eigenvalue weighted by Crippen LogP contribution is -2.33. The minimum Gasteiger partial charge on any atom is -0.508 e. The molecule has 0 aromatic heterocycles. The Kier molecular flexibility index (Phi) is 5.43. The average Bonchev–Trinajstić information content (AvgIpc) is 2.26. The van der Waals surface area contributed by atoms with Crippen LogP contribution in [0.25, 0.3) is 0 Å². The van der Waals surface area contributed by atoms with Crippen LogP contribution in [0.3, 0.4) is 0 Å². The Labute approximate surface area is 114 Å². The number of benzene rings is 1. The summed E-state index contributed by atoms with van der Waals surface area (Å²) in [6.07, 6.45) is 0. The molecule has 0 aliphatic heterocycles. The number of phenolic OH excluding ortho intramolecular Hbond substituents is 2. The molecule has 6 heteroatoms. The number of rotatable bonds is 5. The van der Waals surface area contributed by atoms with Crippen molar-refractivity contribution in [3.8, 4) is 11.5 Å². The van der Waals surface area contributed by atoms with Gasteiger partial charge in [0.15, 0.2) is 0 Å². The SMILES string of the molecule is COCC(Br)CN(C)C(=O)c1cc(O)cc(O)c1. The zero-order valence-electron chi connectivity index (χ0n) is 10.3. The van der Waals surface area contributed by atoms with E-state index in [-0.39, 0.29) is 27.8 Å².